The Kier molecular flexibility index (Phi) is 6.13. The van der Waals surface area contributed by atoms with E-state index in [4.69, 9.17) is 14.2 Å². The number of nitrogens with zero attached hydrogens (tertiary/aromatic N) is 1. The maximum Gasteiger partial charge on any atom is 0.309 e. The molecule has 0 atom stereocenters. The van der Waals surface area contributed by atoms with Crippen LogP contribution < -0.4 is 9.47 Å². The lowest BCUT2D eigenvalue weighted by atomic mass is 10.2. The number of benzene rings is 2. The second-order valence-corrected chi connectivity index (χ2v) is 4.82. The average Bonchev–Trinajstić information content (AvgIpc) is 2.60. The number of para-hydroxylation sites is 1. The van der Waals surface area contributed by atoms with Gasteiger partial charge in [-0.3, -0.25) is 14.9 Å². The van der Waals surface area contributed by atoms with Crippen molar-refractivity contribution in [3.63, 3.8) is 0 Å². The van der Waals surface area contributed by atoms with Crippen LogP contribution in [-0.4, -0.2) is 24.6 Å². The van der Waals surface area contributed by atoms with Crippen LogP contribution in [0.15, 0.2) is 48.5 Å². The van der Waals surface area contributed by atoms with E-state index in [2.05, 4.69) is 0 Å². The van der Waals surface area contributed by atoms with Gasteiger partial charge in [0.25, 0.3) is 5.69 Å². The molecule has 0 amide bonds. The van der Waals surface area contributed by atoms with Crippen molar-refractivity contribution >= 4 is 11.7 Å². The summed E-state index contributed by atoms with van der Waals surface area (Å²) in [4.78, 5) is 22.1. The average molecular weight is 331 g/mol. The van der Waals surface area contributed by atoms with Crippen LogP contribution in [0.25, 0.3) is 0 Å². The van der Waals surface area contributed by atoms with Crippen LogP contribution in [0.4, 0.5) is 5.69 Å². The van der Waals surface area contributed by atoms with Gasteiger partial charge in [-0.25, -0.2) is 0 Å². The minimum atomic E-state index is -0.504. The zero-order valence-corrected chi connectivity index (χ0v) is 13.1. The smallest absolute Gasteiger partial charge is 0.309 e. The Balaban J connectivity index is 1.76. The molecule has 0 radical (unpaired) electrons. The molecule has 0 aliphatic heterocycles. The maximum absolute atomic E-state index is 11.7. The quantitative estimate of drug-likeness (QED) is 0.419. The van der Waals surface area contributed by atoms with Gasteiger partial charge < -0.3 is 14.2 Å². The van der Waals surface area contributed by atoms with Crippen LogP contribution in [0.2, 0.25) is 0 Å². The van der Waals surface area contributed by atoms with E-state index in [9.17, 15) is 14.9 Å². The van der Waals surface area contributed by atoms with Gasteiger partial charge in [-0.1, -0.05) is 12.1 Å². The van der Waals surface area contributed by atoms with E-state index in [1.165, 1.54) is 6.07 Å². The van der Waals surface area contributed by atoms with Gasteiger partial charge in [-0.2, -0.15) is 0 Å². The first-order valence-electron chi connectivity index (χ1n) is 7.25. The Bertz CT molecular complexity index is 698. The van der Waals surface area contributed by atoms with Gasteiger partial charge in [0.2, 0.25) is 0 Å². The summed E-state index contributed by atoms with van der Waals surface area (Å²) in [7, 11) is 1.57. The van der Waals surface area contributed by atoms with Gasteiger partial charge in [-0.05, 0) is 30.3 Å². The predicted molar refractivity (Wildman–Crippen MR) is 86.0 cm³/mol. The molecule has 126 valence electrons. The molecule has 2 aromatic carbocycles. The van der Waals surface area contributed by atoms with Crippen molar-refractivity contribution in [3.05, 3.63) is 64.2 Å². The van der Waals surface area contributed by atoms with Gasteiger partial charge in [-0.15, -0.1) is 0 Å². The molecule has 7 heteroatoms. The summed E-state index contributed by atoms with van der Waals surface area (Å²) >= 11 is 0. The molecule has 0 spiro atoms. The highest BCUT2D eigenvalue weighted by Crippen LogP contribution is 2.19. The van der Waals surface area contributed by atoms with Crippen molar-refractivity contribution in [1.82, 2.24) is 0 Å². The van der Waals surface area contributed by atoms with Gasteiger partial charge in [0, 0.05) is 6.07 Å². The Morgan fingerprint density at radius 1 is 1.08 bits per heavy atom. The Hall–Kier alpha value is -3.09. The van der Waals surface area contributed by atoms with Crippen LogP contribution in [0.3, 0.4) is 0 Å². The number of esters is 1. The lowest BCUT2D eigenvalue weighted by Gasteiger charge is -2.08. The van der Waals surface area contributed by atoms with Crippen LogP contribution in [0.1, 0.15) is 12.0 Å². The molecule has 0 saturated carbocycles. The summed E-state index contributed by atoms with van der Waals surface area (Å²) in [5.41, 5.74) is 0.284. The molecular weight excluding hydrogens is 314 g/mol. The third-order valence-electron chi connectivity index (χ3n) is 3.21. The summed E-state index contributed by atoms with van der Waals surface area (Å²) in [5, 5.41) is 10.9. The maximum atomic E-state index is 11.7. The molecule has 0 aliphatic carbocycles. The molecule has 2 aromatic rings. The molecule has 2 rings (SSSR count). The minimum Gasteiger partial charge on any atom is -0.497 e. The van der Waals surface area contributed by atoms with Crippen LogP contribution in [0, 0.1) is 10.1 Å². The van der Waals surface area contributed by atoms with Crippen molar-refractivity contribution < 1.29 is 23.9 Å². The molecule has 0 saturated heterocycles. The second-order valence-electron chi connectivity index (χ2n) is 4.82. The molecule has 0 heterocycles. The van der Waals surface area contributed by atoms with Gasteiger partial charge in [0.05, 0.1) is 30.6 Å². The van der Waals surface area contributed by atoms with E-state index in [0.717, 1.165) is 0 Å². The predicted octanol–water partition coefficient (Wildman–Crippen LogP) is 3.12. The van der Waals surface area contributed by atoms with Crippen molar-refractivity contribution in [2.75, 3.05) is 13.7 Å². The van der Waals surface area contributed by atoms with Gasteiger partial charge >= 0.3 is 5.97 Å². The fourth-order valence-corrected chi connectivity index (χ4v) is 1.97. The van der Waals surface area contributed by atoms with Crippen molar-refractivity contribution in [2.45, 2.75) is 13.0 Å². The second kappa shape index (κ2) is 8.52. The highest BCUT2D eigenvalue weighted by Gasteiger charge is 2.14. The minimum absolute atomic E-state index is 0.0483. The number of nitro groups is 1. The fourth-order valence-electron chi connectivity index (χ4n) is 1.97. The number of nitro benzene ring substituents is 1. The summed E-state index contributed by atoms with van der Waals surface area (Å²) < 4.78 is 15.5. The first-order chi connectivity index (χ1) is 11.6. The number of hydrogen-bond donors (Lipinski definition) is 0. The molecule has 0 N–H and O–H groups in total. The first kappa shape index (κ1) is 17.3. The molecule has 7 nitrogen and oxygen atoms in total. The zero-order valence-electron chi connectivity index (χ0n) is 13.1. The number of ether oxygens (including phenoxy) is 3. The first-order valence-corrected chi connectivity index (χ1v) is 7.25. The summed E-state index contributed by atoms with van der Waals surface area (Å²) in [6.45, 7) is 0.0145. The molecular formula is C17H17NO6. The summed E-state index contributed by atoms with van der Waals surface area (Å²) in [6.07, 6.45) is 0.0483. The van der Waals surface area contributed by atoms with Gasteiger partial charge in [0.15, 0.2) is 0 Å². The Morgan fingerprint density at radius 2 is 1.75 bits per heavy atom. The van der Waals surface area contributed by atoms with Crippen LogP contribution in [0.5, 0.6) is 11.5 Å². The normalized spacial score (nSPS) is 10.0. The zero-order chi connectivity index (χ0) is 17.4. The van der Waals surface area contributed by atoms with E-state index in [0.29, 0.717) is 17.1 Å². The molecule has 0 aliphatic rings. The standard InChI is InChI=1S/C17H17NO6/c1-22-14-6-8-15(9-7-14)23-11-10-17(19)24-12-13-4-2-3-5-16(13)18(20)21/h2-9H,10-12H2,1H3. The highest BCUT2D eigenvalue weighted by atomic mass is 16.6. The largest absolute Gasteiger partial charge is 0.497 e. The van der Waals surface area contributed by atoms with Crippen LogP contribution in [-0.2, 0) is 16.1 Å². The van der Waals surface area contributed by atoms with Crippen molar-refractivity contribution in [1.29, 1.82) is 0 Å². The number of carbonyl (C=O) groups is 1. The SMILES string of the molecule is COc1ccc(OCCC(=O)OCc2ccccc2[N+](=O)[O-])cc1. The molecule has 0 bridgehead atoms. The number of methoxy groups -OCH3 is 1. The Labute approximate surface area is 138 Å². The monoisotopic (exact) mass is 331 g/mol. The summed E-state index contributed by atoms with van der Waals surface area (Å²) in [5.74, 6) is 0.843. The van der Waals surface area contributed by atoms with E-state index in [1.807, 2.05) is 0 Å². The summed E-state index contributed by atoms with van der Waals surface area (Å²) in [6, 6.07) is 13.1. The fraction of sp³-hybridized carbons (Fsp3) is 0.235. The third-order valence-corrected chi connectivity index (χ3v) is 3.21. The molecule has 24 heavy (non-hydrogen) atoms. The van der Waals surface area contributed by atoms with E-state index in [1.54, 1.807) is 49.6 Å². The Morgan fingerprint density at radius 3 is 2.42 bits per heavy atom. The van der Waals surface area contributed by atoms with Crippen LogP contribution >= 0.6 is 0 Å². The lowest BCUT2D eigenvalue weighted by molar-refractivity contribution is -0.385. The highest BCUT2D eigenvalue weighted by molar-refractivity contribution is 5.69. The molecule has 0 unspecified atom stereocenters. The topological polar surface area (TPSA) is 87.9 Å². The number of carbonyl (C=O) groups excluding carboxylic acids is 1. The number of rotatable bonds is 8. The van der Waals surface area contributed by atoms with E-state index < -0.39 is 10.9 Å². The molecule has 0 aromatic heterocycles. The van der Waals surface area contributed by atoms with E-state index >= 15 is 0 Å². The number of hydrogen-bond acceptors (Lipinski definition) is 6. The lowest BCUT2D eigenvalue weighted by Crippen LogP contribution is -2.10. The third kappa shape index (κ3) is 4.98. The van der Waals surface area contributed by atoms with E-state index in [-0.39, 0.29) is 25.3 Å². The van der Waals surface area contributed by atoms with Crippen molar-refractivity contribution in [3.8, 4) is 11.5 Å². The molecule has 0 fully saturated rings. The van der Waals surface area contributed by atoms with Crippen molar-refractivity contribution in [2.24, 2.45) is 0 Å². The van der Waals surface area contributed by atoms with Gasteiger partial charge in [0.1, 0.15) is 18.1 Å².